The van der Waals surface area contributed by atoms with Crippen LogP contribution in [-0.2, 0) is 6.42 Å². The third-order valence-electron chi connectivity index (χ3n) is 3.87. The van der Waals surface area contributed by atoms with Crippen molar-refractivity contribution in [3.8, 4) is 0 Å². The first-order valence-electron chi connectivity index (χ1n) is 7.35. The van der Waals surface area contributed by atoms with Crippen LogP contribution in [0.25, 0.3) is 0 Å². The van der Waals surface area contributed by atoms with Crippen molar-refractivity contribution in [1.82, 2.24) is 5.32 Å². The molecule has 2 heteroatoms. The van der Waals surface area contributed by atoms with Crippen LogP contribution in [0.15, 0.2) is 34.7 Å². The number of hydrogen-bond donors (Lipinski definition) is 1. The maximum atomic E-state index is 5.61. The first kappa shape index (κ1) is 14.9. The van der Waals surface area contributed by atoms with Crippen LogP contribution in [0, 0.1) is 20.8 Å². The van der Waals surface area contributed by atoms with Gasteiger partial charge >= 0.3 is 0 Å². The smallest absolute Gasteiger partial charge is 0.105 e. The van der Waals surface area contributed by atoms with Crippen molar-refractivity contribution in [1.29, 1.82) is 0 Å². The highest BCUT2D eigenvalue weighted by molar-refractivity contribution is 5.27. The van der Waals surface area contributed by atoms with E-state index in [4.69, 9.17) is 4.42 Å². The molecule has 2 unspecified atom stereocenters. The molecule has 0 aliphatic rings. The fourth-order valence-electron chi connectivity index (χ4n) is 2.82. The van der Waals surface area contributed by atoms with Gasteiger partial charge in [0.05, 0.1) is 0 Å². The van der Waals surface area contributed by atoms with Crippen molar-refractivity contribution in [2.45, 2.75) is 53.1 Å². The lowest BCUT2D eigenvalue weighted by Gasteiger charge is -2.20. The van der Waals surface area contributed by atoms with Gasteiger partial charge < -0.3 is 9.73 Å². The Balaban J connectivity index is 1.99. The highest BCUT2D eigenvalue weighted by atomic mass is 16.3. The molecule has 1 N–H and O–H groups in total. The average Bonchev–Trinajstić information content (AvgIpc) is 2.71. The summed E-state index contributed by atoms with van der Waals surface area (Å²) in [5.41, 5.74) is 4.04. The van der Waals surface area contributed by atoms with E-state index in [-0.39, 0.29) is 0 Å². The molecule has 1 aromatic heterocycles. The fourth-order valence-corrected chi connectivity index (χ4v) is 2.82. The normalized spacial score (nSPS) is 14.2. The van der Waals surface area contributed by atoms with E-state index in [0.717, 1.165) is 17.9 Å². The summed E-state index contributed by atoms with van der Waals surface area (Å²) in [7, 11) is 0. The molecule has 0 saturated heterocycles. The first-order valence-corrected chi connectivity index (χ1v) is 7.35. The molecule has 2 nitrogen and oxygen atoms in total. The van der Waals surface area contributed by atoms with Gasteiger partial charge in [-0.15, -0.1) is 0 Å². The molecule has 20 heavy (non-hydrogen) atoms. The Bertz CT molecular complexity index is 571. The van der Waals surface area contributed by atoms with Crippen molar-refractivity contribution in [3.63, 3.8) is 0 Å². The number of rotatable bonds is 5. The molecule has 0 fully saturated rings. The summed E-state index contributed by atoms with van der Waals surface area (Å²) in [6, 6.07) is 11.5. The fraction of sp³-hybridized carbons (Fsp3) is 0.444. The van der Waals surface area contributed by atoms with E-state index in [9.17, 15) is 0 Å². The quantitative estimate of drug-likeness (QED) is 0.867. The van der Waals surface area contributed by atoms with Crippen molar-refractivity contribution < 1.29 is 4.42 Å². The van der Waals surface area contributed by atoms with E-state index >= 15 is 0 Å². The van der Waals surface area contributed by atoms with Crippen LogP contribution in [-0.4, -0.2) is 6.04 Å². The first-order chi connectivity index (χ1) is 9.47. The van der Waals surface area contributed by atoms with Crippen LogP contribution in [0.3, 0.4) is 0 Å². The van der Waals surface area contributed by atoms with Gasteiger partial charge in [-0.05, 0) is 58.2 Å². The van der Waals surface area contributed by atoms with E-state index in [2.05, 4.69) is 56.4 Å². The van der Waals surface area contributed by atoms with Crippen LogP contribution in [0.2, 0.25) is 0 Å². The standard InChI is InChI=1S/C18H25NO/c1-12-8-6-7-9-17(12)10-13(2)19-15(4)18-11-14(3)20-16(18)5/h6-9,11,13,15,19H,10H2,1-5H3. The van der Waals surface area contributed by atoms with E-state index < -0.39 is 0 Å². The van der Waals surface area contributed by atoms with Gasteiger partial charge in [0.1, 0.15) is 11.5 Å². The summed E-state index contributed by atoms with van der Waals surface area (Å²) in [5.74, 6) is 2.00. The van der Waals surface area contributed by atoms with E-state index in [1.165, 1.54) is 16.7 Å². The molecule has 0 aliphatic carbocycles. The SMILES string of the molecule is Cc1cc(C(C)NC(C)Cc2ccccc2C)c(C)o1. The Morgan fingerprint density at radius 1 is 1.10 bits per heavy atom. The zero-order chi connectivity index (χ0) is 14.7. The second-order valence-electron chi connectivity index (χ2n) is 5.79. The van der Waals surface area contributed by atoms with Gasteiger partial charge in [0.25, 0.3) is 0 Å². The Labute approximate surface area is 122 Å². The van der Waals surface area contributed by atoms with Gasteiger partial charge in [-0.25, -0.2) is 0 Å². The maximum absolute atomic E-state index is 5.61. The highest BCUT2D eigenvalue weighted by Gasteiger charge is 2.15. The predicted octanol–water partition coefficient (Wildman–Crippen LogP) is 4.49. The number of nitrogens with one attached hydrogen (secondary N) is 1. The van der Waals surface area contributed by atoms with Crippen LogP contribution in [0.4, 0.5) is 0 Å². The highest BCUT2D eigenvalue weighted by Crippen LogP contribution is 2.22. The molecule has 2 atom stereocenters. The molecule has 1 heterocycles. The molecule has 0 saturated carbocycles. The summed E-state index contributed by atoms with van der Waals surface area (Å²) in [6.45, 7) is 10.7. The Hall–Kier alpha value is -1.54. The molecule has 0 bridgehead atoms. The molecule has 0 amide bonds. The predicted molar refractivity (Wildman–Crippen MR) is 84.1 cm³/mol. The van der Waals surface area contributed by atoms with Crippen molar-refractivity contribution in [2.75, 3.05) is 0 Å². The minimum atomic E-state index is 0.312. The summed E-state index contributed by atoms with van der Waals surface area (Å²) in [5, 5.41) is 3.67. The van der Waals surface area contributed by atoms with Gasteiger partial charge in [-0.3, -0.25) is 0 Å². The van der Waals surface area contributed by atoms with Crippen LogP contribution >= 0.6 is 0 Å². The third-order valence-corrected chi connectivity index (χ3v) is 3.87. The molecule has 108 valence electrons. The van der Waals surface area contributed by atoms with Crippen LogP contribution < -0.4 is 5.32 Å². The van der Waals surface area contributed by atoms with E-state index in [0.29, 0.717) is 12.1 Å². The number of furan rings is 1. The molecule has 0 radical (unpaired) electrons. The largest absolute Gasteiger partial charge is 0.466 e. The zero-order valence-corrected chi connectivity index (χ0v) is 13.2. The van der Waals surface area contributed by atoms with Gasteiger partial charge in [-0.2, -0.15) is 0 Å². The lowest BCUT2D eigenvalue weighted by molar-refractivity contribution is 0.459. The van der Waals surface area contributed by atoms with Gasteiger partial charge in [0.2, 0.25) is 0 Å². The van der Waals surface area contributed by atoms with E-state index in [1.54, 1.807) is 0 Å². The molecule has 2 aromatic rings. The lowest BCUT2D eigenvalue weighted by Crippen LogP contribution is -2.31. The zero-order valence-electron chi connectivity index (χ0n) is 13.2. The van der Waals surface area contributed by atoms with E-state index in [1.807, 2.05) is 13.8 Å². The lowest BCUT2D eigenvalue weighted by atomic mass is 10.0. The van der Waals surface area contributed by atoms with Crippen molar-refractivity contribution >= 4 is 0 Å². The average molecular weight is 271 g/mol. The van der Waals surface area contributed by atoms with Crippen LogP contribution in [0.1, 0.15) is 48.1 Å². The Kier molecular flexibility index (Phi) is 4.66. The summed E-state index contributed by atoms with van der Waals surface area (Å²) >= 11 is 0. The number of aryl methyl sites for hydroxylation is 3. The molecule has 0 spiro atoms. The third kappa shape index (κ3) is 3.51. The molecule has 0 aliphatic heterocycles. The molecule has 2 rings (SSSR count). The molecule has 1 aromatic carbocycles. The van der Waals surface area contributed by atoms with Crippen molar-refractivity contribution in [2.24, 2.45) is 0 Å². The summed E-state index contributed by atoms with van der Waals surface area (Å²) in [6.07, 6.45) is 1.05. The monoisotopic (exact) mass is 271 g/mol. The molecular weight excluding hydrogens is 246 g/mol. The second kappa shape index (κ2) is 6.27. The molecular formula is C18H25NO. The summed E-state index contributed by atoms with van der Waals surface area (Å²) in [4.78, 5) is 0. The summed E-state index contributed by atoms with van der Waals surface area (Å²) < 4.78 is 5.61. The minimum Gasteiger partial charge on any atom is -0.466 e. The van der Waals surface area contributed by atoms with Crippen molar-refractivity contribution in [3.05, 3.63) is 58.5 Å². The Morgan fingerprint density at radius 3 is 2.40 bits per heavy atom. The maximum Gasteiger partial charge on any atom is 0.105 e. The van der Waals surface area contributed by atoms with Gasteiger partial charge in [0, 0.05) is 17.6 Å². The van der Waals surface area contributed by atoms with Gasteiger partial charge in [-0.1, -0.05) is 24.3 Å². The number of hydrogen-bond acceptors (Lipinski definition) is 2. The number of benzene rings is 1. The minimum absolute atomic E-state index is 0.312. The second-order valence-corrected chi connectivity index (χ2v) is 5.79. The van der Waals surface area contributed by atoms with Gasteiger partial charge in [0.15, 0.2) is 0 Å². The topological polar surface area (TPSA) is 25.2 Å². The Morgan fingerprint density at radius 2 is 1.80 bits per heavy atom. The van der Waals surface area contributed by atoms with Crippen LogP contribution in [0.5, 0.6) is 0 Å².